The SMILES string of the molecule is Cc1ccc2c(c1)c1cc(-c3ccc4c(c3)c3ccccc3n4-c3ccc(-c4ccccc4)cc3)ccc1n2-c1ccccc1.[2H]c1ccc2c(c1)c1cc(-c3ccc4c(c3)c3cc(C)ccc3n4-c3ccc(-c4ccccc4)cc3)ccc1n2-c1ccc(-c2ccccc2)cc1.[2H]c1ccc2c(c1)c1cc(-c3ccc4c(c3)c3cc([2H])ccc3n4-c3cccc(-c4ccccc4)c3)ccc1n2-c1ccc(-c2ccccc2)cc1. The van der Waals surface area contributed by atoms with Gasteiger partial charge in [0.25, 0.3) is 0 Å². The number of aryl methyl sites for hydroxylation is 2. The minimum atomic E-state index is 0.493. The largest absolute Gasteiger partial charge is 0.309 e. The van der Waals surface area contributed by atoms with E-state index in [2.05, 4.69) is 514 Å². The molecule has 0 aliphatic rings. The molecule has 0 aliphatic carbocycles. The van der Waals surface area contributed by atoms with E-state index < -0.39 is 0 Å². The van der Waals surface area contributed by atoms with Gasteiger partial charge in [0.05, 0.1) is 70.3 Å². The molecule has 6 heterocycles. The lowest BCUT2D eigenvalue weighted by Crippen LogP contribution is -1.94. The van der Waals surface area contributed by atoms with Crippen molar-refractivity contribution in [3.8, 4) is 123 Å². The van der Waals surface area contributed by atoms with Crippen molar-refractivity contribution >= 4 is 131 Å². The first-order valence-corrected chi connectivity index (χ1v) is 50.0. The van der Waals surface area contributed by atoms with Gasteiger partial charge >= 0.3 is 0 Å². The molecular formula is C140H96N6. The molecule has 686 valence electrons. The quantitative estimate of drug-likeness (QED) is 0.104. The molecular weight excluding hydrogens is 1770 g/mol. The van der Waals surface area contributed by atoms with E-state index in [9.17, 15) is 0 Å². The van der Waals surface area contributed by atoms with E-state index in [-0.39, 0.29) is 0 Å². The van der Waals surface area contributed by atoms with Crippen LogP contribution < -0.4 is 0 Å². The van der Waals surface area contributed by atoms with E-state index >= 15 is 0 Å². The topological polar surface area (TPSA) is 29.6 Å². The van der Waals surface area contributed by atoms with E-state index in [4.69, 9.17) is 4.11 Å². The molecule has 0 unspecified atom stereocenters. The van der Waals surface area contributed by atoms with E-state index in [0.717, 1.165) is 110 Å². The van der Waals surface area contributed by atoms with Gasteiger partial charge < -0.3 is 27.4 Å². The Kier molecular flexibility index (Phi) is 20.5. The van der Waals surface area contributed by atoms with Crippen LogP contribution in [0.4, 0.5) is 0 Å². The van der Waals surface area contributed by atoms with Gasteiger partial charge in [-0.3, -0.25) is 0 Å². The van der Waals surface area contributed by atoms with Crippen LogP contribution >= 0.6 is 0 Å². The van der Waals surface area contributed by atoms with Crippen molar-refractivity contribution < 1.29 is 4.11 Å². The van der Waals surface area contributed by atoms with Crippen LogP contribution in [0, 0.1) is 13.8 Å². The van der Waals surface area contributed by atoms with E-state index in [1.807, 2.05) is 54.6 Å². The van der Waals surface area contributed by atoms with Gasteiger partial charge in [0, 0.05) is 98.8 Å². The monoisotopic (exact) mass is 1860 g/mol. The predicted molar refractivity (Wildman–Crippen MR) is 618 cm³/mol. The lowest BCUT2D eigenvalue weighted by molar-refractivity contribution is 1.18. The second-order valence-electron chi connectivity index (χ2n) is 38.2. The minimum absolute atomic E-state index is 0.493. The lowest BCUT2D eigenvalue weighted by atomic mass is 10.00. The smallest absolute Gasteiger partial charge is 0.0623 e. The number of hydrogen-bond donors (Lipinski definition) is 0. The Bertz CT molecular complexity index is 10100. The van der Waals surface area contributed by atoms with E-state index in [0.29, 0.717) is 18.1 Å². The minimum Gasteiger partial charge on any atom is -0.309 e. The summed E-state index contributed by atoms with van der Waals surface area (Å²) in [6.45, 7) is 4.34. The van der Waals surface area contributed by atoms with Gasteiger partial charge in [-0.05, 0) is 297 Å². The van der Waals surface area contributed by atoms with Gasteiger partial charge in [0.1, 0.15) is 0 Å². The number of hydrogen-bond acceptors (Lipinski definition) is 0. The maximum atomic E-state index is 8.52. The van der Waals surface area contributed by atoms with Gasteiger partial charge in [-0.1, -0.05) is 363 Å². The third kappa shape index (κ3) is 15.2. The lowest BCUT2D eigenvalue weighted by Gasteiger charge is -2.11. The van der Waals surface area contributed by atoms with Gasteiger partial charge in [-0.25, -0.2) is 0 Å². The summed E-state index contributed by atoms with van der Waals surface area (Å²) >= 11 is 0. The molecule has 6 aromatic heterocycles. The molecule has 146 heavy (non-hydrogen) atoms. The summed E-state index contributed by atoms with van der Waals surface area (Å²) in [7, 11) is 0. The standard InChI is InChI=1S/C49H34N2.C48H32N2.C43H30N2/c1-33-16-27-47-43(30-33)45-32-39(22-29-49(45)51(47)41-25-19-37(20-26-41)35-12-6-3-7-13-35)38-21-28-48-44(31-38)42-14-8-9-15-46(42)50(48)40-23-17-36(18-24-40)34-10-4-2-5-11-34;1-3-12-33(13-4-1)35-22-26-39(27-23-35)49-45-20-9-7-18-41(45)43-31-37(24-28-47(43)49)38-25-29-48-44(32-38)42-19-8-10-21-46(42)50(48)40-17-11-16-36(30-40)34-14-5-2-6-15-34;1-29-16-23-41-37(26-29)39-28-33(20-25-43(39)44(41)34-12-6-3-7-13-34)32-19-24-42-38(27-32)36-14-8-9-15-40(36)45(42)35-21-17-31(18-22-35)30-10-4-2-5-11-30/h2-32H,1H3;1-32H;2-28H,1H3/i8D;7D,8D;. The van der Waals surface area contributed by atoms with Crippen LogP contribution in [0.15, 0.2) is 546 Å². The van der Waals surface area contributed by atoms with Gasteiger partial charge in [0.2, 0.25) is 0 Å². The molecule has 0 amide bonds. The summed E-state index contributed by atoms with van der Waals surface area (Å²) in [6.07, 6.45) is 0. The van der Waals surface area contributed by atoms with Crippen molar-refractivity contribution in [2.24, 2.45) is 0 Å². The Labute approximate surface area is 850 Å². The summed E-state index contributed by atoms with van der Waals surface area (Å²) in [4.78, 5) is 0. The van der Waals surface area contributed by atoms with Crippen LogP contribution in [0.3, 0.4) is 0 Å². The third-order valence-corrected chi connectivity index (χ3v) is 29.5. The summed E-state index contributed by atoms with van der Waals surface area (Å²) < 4.78 is 39.6. The van der Waals surface area contributed by atoms with Gasteiger partial charge in [-0.2, -0.15) is 0 Å². The van der Waals surface area contributed by atoms with Gasteiger partial charge in [-0.15, -0.1) is 0 Å². The Balaban J connectivity index is 0.000000110. The maximum absolute atomic E-state index is 8.52. The van der Waals surface area contributed by atoms with E-state index in [1.165, 1.54) is 155 Å². The molecule has 0 fully saturated rings. The Hall–Kier alpha value is -19.1. The van der Waals surface area contributed by atoms with Crippen molar-refractivity contribution in [1.29, 1.82) is 0 Å². The van der Waals surface area contributed by atoms with Crippen LogP contribution in [-0.2, 0) is 0 Å². The Morgan fingerprint density at radius 2 is 0.295 bits per heavy atom. The number of para-hydroxylation sites is 5. The van der Waals surface area contributed by atoms with Crippen LogP contribution in [-0.4, -0.2) is 27.4 Å². The van der Waals surface area contributed by atoms with Crippen LogP contribution in [0.2, 0.25) is 0 Å². The summed E-state index contributed by atoms with van der Waals surface area (Å²) in [5, 5.41) is 14.1. The fourth-order valence-corrected chi connectivity index (χ4v) is 22.5. The van der Waals surface area contributed by atoms with Crippen molar-refractivity contribution in [3.63, 3.8) is 0 Å². The number of benzene rings is 23. The van der Waals surface area contributed by atoms with Crippen molar-refractivity contribution in [2.45, 2.75) is 13.8 Å². The Morgan fingerprint density at radius 1 is 0.116 bits per heavy atom. The molecule has 0 bridgehead atoms. The summed E-state index contributed by atoms with van der Waals surface area (Å²) in [6, 6.07) is 190. The zero-order chi connectivity index (χ0) is 99.4. The third-order valence-electron chi connectivity index (χ3n) is 29.5. The zero-order valence-corrected chi connectivity index (χ0v) is 80.4. The maximum Gasteiger partial charge on any atom is 0.0623 e. The number of fused-ring (bicyclic) bond motifs is 18. The molecule has 0 saturated carbocycles. The van der Waals surface area contributed by atoms with Crippen LogP contribution in [0.5, 0.6) is 0 Å². The van der Waals surface area contributed by atoms with Crippen LogP contribution in [0.25, 0.3) is 254 Å². The average Bonchev–Trinajstić information content (AvgIpc) is 1.58. The van der Waals surface area contributed by atoms with Crippen LogP contribution in [0.1, 0.15) is 15.2 Å². The number of aromatic nitrogens is 6. The Morgan fingerprint density at radius 3 is 0.589 bits per heavy atom. The number of nitrogens with zero attached hydrogens (tertiary/aromatic N) is 6. The predicted octanol–water partition coefficient (Wildman–Crippen LogP) is 37.6. The molecule has 29 rings (SSSR count). The molecule has 6 heteroatoms. The fraction of sp³-hybridized carbons (Fsp3) is 0.0143. The number of rotatable bonds is 14. The van der Waals surface area contributed by atoms with Crippen molar-refractivity contribution in [2.75, 3.05) is 0 Å². The van der Waals surface area contributed by atoms with E-state index in [1.54, 1.807) is 0 Å². The normalized spacial score (nSPS) is 11.9. The molecule has 6 nitrogen and oxygen atoms in total. The summed E-state index contributed by atoms with van der Waals surface area (Å²) in [5.74, 6) is 0. The highest BCUT2D eigenvalue weighted by Gasteiger charge is 2.24. The van der Waals surface area contributed by atoms with Crippen molar-refractivity contribution in [1.82, 2.24) is 27.4 Å². The molecule has 29 aromatic rings. The first-order valence-electron chi connectivity index (χ1n) is 51.5. The molecule has 0 radical (unpaired) electrons. The second kappa shape index (κ2) is 36.2. The molecule has 0 atom stereocenters. The average molecular weight is 1870 g/mol. The molecule has 23 aromatic carbocycles. The highest BCUT2D eigenvalue weighted by atomic mass is 15.0. The first kappa shape index (κ1) is 82.7. The highest BCUT2D eigenvalue weighted by molar-refractivity contribution is 6.17. The second-order valence-corrected chi connectivity index (χ2v) is 38.2. The zero-order valence-electron chi connectivity index (χ0n) is 83.4. The first-order chi connectivity index (χ1) is 73.4. The highest BCUT2D eigenvalue weighted by Crippen LogP contribution is 2.46. The molecule has 0 saturated heterocycles. The fourth-order valence-electron chi connectivity index (χ4n) is 22.5. The molecule has 0 aliphatic heterocycles. The van der Waals surface area contributed by atoms with Crippen molar-refractivity contribution in [3.05, 3.63) is 557 Å². The molecule has 0 N–H and O–H groups in total. The van der Waals surface area contributed by atoms with Gasteiger partial charge in [0.15, 0.2) is 0 Å². The summed E-state index contributed by atoms with van der Waals surface area (Å²) in [5.41, 5.74) is 42.1. The molecule has 0 spiro atoms.